The predicted octanol–water partition coefficient (Wildman–Crippen LogP) is 6.05. The molecule has 1 atom stereocenters. The van der Waals surface area contributed by atoms with Crippen LogP contribution >= 0.6 is 11.6 Å². The number of H-pyrrole nitrogens is 1. The molecule has 0 aliphatic carbocycles. The highest BCUT2D eigenvalue weighted by atomic mass is 35.5. The average Bonchev–Trinajstić information content (AvgIpc) is 3.46. The number of hydrogen-bond donors (Lipinski definition) is 1. The molecule has 2 heterocycles. The van der Waals surface area contributed by atoms with Crippen LogP contribution in [-0.4, -0.2) is 40.7 Å². The number of ether oxygens (including phenoxy) is 1. The summed E-state index contributed by atoms with van der Waals surface area (Å²) >= 11 is 6.32. The van der Waals surface area contributed by atoms with E-state index in [2.05, 4.69) is 46.3 Å². The molecule has 1 N–H and O–H groups in total. The highest BCUT2D eigenvalue weighted by Gasteiger charge is 2.41. The molecule has 3 aromatic carbocycles. The Morgan fingerprint density at radius 1 is 1.09 bits per heavy atom. The molecule has 0 fully saturated rings. The summed E-state index contributed by atoms with van der Waals surface area (Å²) in [5, 5.41) is 8.04. The molecule has 5 nitrogen and oxygen atoms in total. The van der Waals surface area contributed by atoms with Gasteiger partial charge in [0, 0.05) is 11.1 Å². The van der Waals surface area contributed by atoms with Crippen LogP contribution in [-0.2, 0) is 16.9 Å². The zero-order chi connectivity index (χ0) is 23.7. The van der Waals surface area contributed by atoms with Crippen molar-refractivity contribution in [3.63, 3.8) is 0 Å². The van der Waals surface area contributed by atoms with Gasteiger partial charge >= 0.3 is 0 Å². The van der Waals surface area contributed by atoms with Crippen LogP contribution in [0.15, 0.2) is 66.7 Å². The van der Waals surface area contributed by atoms with Crippen LogP contribution < -0.4 is 0 Å². The van der Waals surface area contributed by atoms with Gasteiger partial charge < -0.3 is 9.64 Å². The molecule has 7 heteroatoms. The summed E-state index contributed by atoms with van der Waals surface area (Å²) < 4.78 is 20.2. The fourth-order valence-corrected chi connectivity index (χ4v) is 4.87. The summed E-state index contributed by atoms with van der Waals surface area (Å²) in [7, 11) is 4.13. The maximum absolute atomic E-state index is 13.7. The first kappa shape index (κ1) is 22.7. The Morgan fingerprint density at radius 2 is 1.88 bits per heavy atom. The smallest absolute Gasteiger partial charge is 0.181 e. The van der Waals surface area contributed by atoms with Gasteiger partial charge in [-0.25, -0.2) is 9.37 Å². The molecule has 1 aliphatic rings. The van der Waals surface area contributed by atoms with Gasteiger partial charge in [-0.05, 0) is 80.5 Å². The van der Waals surface area contributed by atoms with Gasteiger partial charge in [0.2, 0.25) is 0 Å². The van der Waals surface area contributed by atoms with Crippen LogP contribution in [0.2, 0.25) is 5.02 Å². The number of aromatic amines is 1. The SMILES string of the molecule is CN(C)CCC[C@@]1(c2ccc(F)cc2)OCc2cc(-c3n[nH]c(-c4ccccc4Cl)n3)ccc21. The molecule has 34 heavy (non-hydrogen) atoms. The van der Waals surface area contributed by atoms with Crippen molar-refractivity contribution < 1.29 is 9.13 Å². The lowest BCUT2D eigenvalue weighted by Gasteiger charge is -2.31. The van der Waals surface area contributed by atoms with E-state index in [-0.39, 0.29) is 5.82 Å². The quantitative estimate of drug-likeness (QED) is 0.353. The number of halogens is 2. The third-order valence-electron chi connectivity index (χ3n) is 6.33. The maximum Gasteiger partial charge on any atom is 0.181 e. The number of benzene rings is 3. The second-order valence-electron chi connectivity index (χ2n) is 8.89. The first-order chi connectivity index (χ1) is 16.5. The molecule has 0 spiro atoms. The Kier molecular flexibility index (Phi) is 6.21. The van der Waals surface area contributed by atoms with Gasteiger partial charge in [0.25, 0.3) is 0 Å². The lowest BCUT2D eigenvalue weighted by Crippen LogP contribution is -2.28. The minimum absolute atomic E-state index is 0.250. The number of nitrogens with one attached hydrogen (secondary N) is 1. The van der Waals surface area contributed by atoms with Gasteiger partial charge in [0.15, 0.2) is 11.6 Å². The average molecular weight is 477 g/mol. The van der Waals surface area contributed by atoms with Crippen LogP contribution in [0.25, 0.3) is 22.8 Å². The molecule has 0 unspecified atom stereocenters. The van der Waals surface area contributed by atoms with E-state index in [1.54, 1.807) is 0 Å². The largest absolute Gasteiger partial charge is 0.361 e. The van der Waals surface area contributed by atoms with Crippen molar-refractivity contribution in [1.29, 1.82) is 0 Å². The summed E-state index contributed by atoms with van der Waals surface area (Å²) in [6.07, 6.45) is 1.76. The molecule has 1 aromatic heterocycles. The second kappa shape index (κ2) is 9.29. The van der Waals surface area contributed by atoms with E-state index >= 15 is 0 Å². The number of aromatic nitrogens is 3. The van der Waals surface area contributed by atoms with Crippen molar-refractivity contribution in [1.82, 2.24) is 20.1 Å². The van der Waals surface area contributed by atoms with Crippen molar-refractivity contribution in [2.45, 2.75) is 25.0 Å². The highest BCUT2D eigenvalue weighted by Crippen LogP contribution is 2.46. The van der Waals surface area contributed by atoms with Crippen LogP contribution in [0.1, 0.15) is 29.5 Å². The first-order valence-electron chi connectivity index (χ1n) is 11.3. The first-order valence-corrected chi connectivity index (χ1v) is 11.7. The highest BCUT2D eigenvalue weighted by molar-refractivity contribution is 6.33. The van der Waals surface area contributed by atoms with Gasteiger partial charge in [0.05, 0.1) is 11.6 Å². The molecule has 0 amide bonds. The molecular formula is C27H26ClFN4O. The zero-order valence-electron chi connectivity index (χ0n) is 19.2. The molecule has 0 saturated carbocycles. The Bertz CT molecular complexity index is 1300. The van der Waals surface area contributed by atoms with Crippen molar-refractivity contribution in [3.8, 4) is 22.8 Å². The lowest BCUT2D eigenvalue weighted by atomic mass is 9.81. The lowest BCUT2D eigenvalue weighted by molar-refractivity contribution is -0.0140. The number of fused-ring (bicyclic) bond motifs is 1. The van der Waals surface area contributed by atoms with E-state index in [9.17, 15) is 4.39 Å². The van der Waals surface area contributed by atoms with E-state index in [0.29, 0.717) is 23.3 Å². The van der Waals surface area contributed by atoms with Gasteiger partial charge in [0.1, 0.15) is 11.4 Å². The van der Waals surface area contributed by atoms with E-state index in [1.807, 2.05) is 42.5 Å². The Morgan fingerprint density at radius 3 is 2.65 bits per heavy atom. The molecule has 0 bridgehead atoms. The van der Waals surface area contributed by atoms with Gasteiger partial charge in [-0.1, -0.05) is 48.0 Å². The maximum atomic E-state index is 13.7. The topological polar surface area (TPSA) is 54.0 Å². The van der Waals surface area contributed by atoms with E-state index in [4.69, 9.17) is 16.3 Å². The van der Waals surface area contributed by atoms with Crippen LogP contribution in [0.3, 0.4) is 0 Å². The normalized spacial score (nSPS) is 17.3. The summed E-state index contributed by atoms with van der Waals surface area (Å²) in [6.45, 7) is 1.42. The van der Waals surface area contributed by atoms with E-state index in [1.165, 1.54) is 12.1 Å². The van der Waals surface area contributed by atoms with Crippen molar-refractivity contribution in [2.75, 3.05) is 20.6 Å². The van der Waals surface area contributed by atoms with Crippen molar-refractivity contribution in [3.05, 3.63) is 94.3 Å². The molecule has 0 radical (unpaired) electrons. The summed E-state index contributed by atoms with van der Waals surface area (Å²) in [5.74, 6) is 0.978. The van der Waals surface area contributed by atoms with Crippen LogP contribution in [0, 0.1) is 5.82 Å². The summed E-state index contributed by atoms with van der Waals surface area (Å²) in [5.41, 5.74) is 4.29. The Balaban J connectivity index is 1.49. The summed E-state index contributed by atoms with van der Waals surface area (Å²) in [4.78, 5) is 6.83. The summed E-state index contributed by atoms with van der Waals surface area (Å²) in [6, 6.07) is 20.4. The number of hydrogen-bond acceptors (Lipinski definition) is 4. The minimum atomic E-state index is -0.598. The van der Waals surface area contributed by atoms with Gasteiger partial charge in [-0.3, -0.25) is 5.10 Å². The van der Waals surface area contributed by atoms with Gasteiger partial charge in [-0.15, -0.1) is 0 Å². The van der Waals surface area contributed by atoms with Crippen LogP contribution in [0.5, 0.6) is 0 Å². The Hall–Kier alpha value is -3.06. The molecule has 174 valence electrons. The van der Waals surface area contributed by atoms with Crippen LogP contribution in [0.4, 0.5) is 4.39 Å². The third-order valence-corrected chi connectivity index (χ3v) is 6.66. The standard InChI is InChI=1S/C27H26ClFN4O/c1-33(2)15-5-14-27(20-9-11-21(29)12-10-20)23-13-8-18(16-19(23)17-34-27)25-30-26(32-31-25)22-6-3-4-7-24(22)28/h3-4,6-13,16H,5,14-15,17H2,1-2H3,(H,30,31,32)/t27-/m0/s1. The van der Waals surface area contributed by atoms with Crippen molar-refractivity contribution in [2.24, 2.45) is 0 Å². The monoisotopic (exact) mass is 476 g/mol. The minimum Gasteiger partial charge on any atom is -0.361 e. The fourth-order valence-electron chi connectivity index (χ4n) is 4.64. The van der Waals surface area contributed by atoms with E-state index < -0.39 is 5.60 Å². The molecule has 4 aromatic rings. The van der Waals surface area contributed by atoms with Crippen molar-refractivity contribution >= 4 is 11.6 Å². The molecule has 1 aliphatic heterocycles. The Labute approximate surface area is 203 Å². The molecular weight excluding hydrogens is 451 g/mol. The van der Waals surface area contributed by atoms with Gasteiger partial charge in [-0.2, -0.15) is 5.10 Å². The third kappa shape index (κ3) is 4.25. The van der Waals surface area contributed by atoms with E-state index in [0.717, 1.165) is 47.2 Å². The second-order valence-corrected chi connectivity index (χ2v) is 9.30. The molecule has 0 saturated heterocycles. The zero-order valence-corrected chi connectivity index (χ0v) is 19.9. The fraction of sp³-hybridized carbons (Fsp3) is 0.259. The number of nitrogens with zero attached hydrogens (tertiary/aromatic N) is 3. The molecule has 5 rings (SSSR count). The predicted molar refractivity (Wildman–Crippen MR) is 132 cm³/mol. The number of rotatable bonds is 7.